The van der Waals surface area contributed by atoms with Crippen molar-refractivity contribution in [3.8, 4) is 134 Å². The van der Waals surface area contributed by atoms with Crippen LogP contribution in [0.1, 0.15) is 0 Å². The Morgan fingerprint density at radius 1 is 0.0667 bits per heavy atom. The molecule has 0 aliphatic heterocycles. The van der Waals surface area contributed by atoms with Gasteiger partial charge in [-0.3, -0.25) is 0 Å². The SMILES string of the molecule is c1cc(-c2ccc3ccccc3c2)cc(-c2c3ccccc3c(-c3cccc4ccccc34)c3ccc(-c4ccc5ccccc5c4)cc23)c1.c1ccc2cc(-c3ccc(-c4c5ccccc5c(-c5ccc6ccccc6c5)c5ccc(-c6ccc7ccccc7c6)cc45)cc3)ccc2c1.c1ccc2cc(-c3ccc4c(-c5ccc6ccccc6c5)c5ccccc5c(-c5ccc(-c6cccc7ccccc67)cc5)c4c3)ccc2c1. The molecule has 0 heterocycles. The fourth-order valence-corrected chi connectivity index (χ4v) is 23.9. The molecule has 0 aromatic heterocycles. The summed E-state index contributed by atoms with van der Waals surface area (Å²) in [5.74, 6) is 0. The van der Waals surface area contributed by atoms with E-state index in [0.29, 0.717) is 0 Å². The molecule has 150 heavy (non-hydrogen) atoms. The van der Waals surface area contributed by atoms with Crippen molar-refractivity contribution < 1.29 is 0 Å². The first kappa shape index (κ1) is 88.2. The quantitative estimate of drug-likeness (QED) is 0.107. The monoisotopic (exact) mass is 1900 g/mol. The van der Waals surface area contributed by atoms with Crippen LogP contribution in [0, 0.1) is 0 Å². The predicted molar refractivity (Wildman–Crippen MR) is 647 cm³/mol. The van der Waals surface area contributed by atoms with Crippen molar-refractivity contribution in [1.82, 2.24) is 0 Å². The van der Waals surface area contributed by atoms with E-state index in [1.807, 2.05) is 0 Å². The van der Waals surface area contributed by atoms with Gasteiger partial charge < -0.3 is 0 Å². The van der Waals surface area contributed by atoms with Crippen LogP contribution in [0.3, 0.4) is 0 Å². The van der Waals surface area contributed by atoms with Crippen molar-refractivity contribution in [2.75, 3.05) is 0 Å². The van der Waals surface area contributed by atoms with Crippen molar-refractivity contribution in [2.24, 2.45) is 0 Å². The van der Waals surface area contributed by atoms with E-state index in [2.05, 4.69) is 582 Å². The van der Waals surface area contributed by atoms with Crippen LogP contribution in [0.5, 0.6) is 0 Å². The van der Waals surface area contributed by atoms with E-state index in [0.717, 1.165) is 0 Å². The van der Waals surface area contributed by atoms with Crippen LogP contribution in [-0.2, 0) is 0 Å². The largest absolute Gasteiger partial charge is 0.0616 e. The maximum atomic E-state index is 2.43. The summed E-state index contributed by atoms with van der Waals surface area (Å²) in [5.41, 5.74) is 29.8. The molecule has 0 saturated carbocycles. The topological polar surface area (TPSA) is 0 Å². The zero-order valence-corrected chi connectivity index (χ0v) is 82.4. The Balaban J connectivity index is 0.000000108. The molecule has 0 spiro atoms. The Hall–Kier alpha value is -19.5. The molecule has 30 aromatic rings. The van der Waals surface area contributed by atoms with Crippen LogP contribution in [0.2, 0.25) is 0 Å². The Morgan fingerprint density at radius 3 is 0.587 bits per heavy atom. The molecule has 0 heteroatoms. The van der Waals surface area contributed by atoms with Gasteiger partial charge in [0.1, 0.15) is 0 Å². The summed E-state index contributed by atoms with van der Waals surface area (Å²) in [6.45, 7) is 0. The molecule has 0 fully saturated rings. The number of fused-ring (bicyclic) bond motifs is 15. The minimum absolute atomic E-state index is 1.22. The van der Waals surface area contributed by atoms with Crippen LogP contribution in [-0.4, -0.2) is 0 Å². The number of hydrogen-bond donors (Lipinski definition) is 0. The lowest BCUT2D eigenvalue weighted by Crippen LogP contribution is -1.93. The average Bonchev–Trinajstić information content (AvgIpc) is 0.727. The standard InChI is InChI=1S/3C50H32/c1-4-12-38-29-41(24-19-33(38)9-1)36-17-22-37(23-18-36)49-45-15-7-8-16-46(45)50(44-26-21-35-11-3-6-14-40(35)31-44)47-28-27-43(32-48(47)49)42-25-20-34-10-2-5-13-39(34)30-42;1-3-14-36-29-39(25-23-33(36)11-1)38-17-9-18-42(31-38)49-45-20-7-8-21-46(45)50(44-22-10-16-35-13-5-6-19-43(35)44)47-28-27-41(32-48(47)49)40-26-24-34-12-2-4-15-37(34)30-40;1-3-13-38-30-40(26-20-33(38)10-1)41-28-29-47-48(32-41)49(37-24-22-36(23-25-37)44-19-9-15-35-12-5-6-16-43(35)44)45-17-7-8-18-46(45)50(47)42-27-21-34-11-2-4-14-39(34)31-42/h3*1-32H. The fourth-order valence-electron chi connectivity index (χ4n) is 23.9. The number of hydrogen-bond acceptors (Lipinski definition) is 0. The molecule has 0 bridgehead atoms. The van der Waals surface area contributed by atoms with Crippen LogP contribution >= 0.6 is 0 Å². The van der Waals surface area contributed by atoms with E-state index < -0.39 is 0 Å². The molecular formula is C150H96. The van der Waals surface area contributed by atoms with Crippen molar-refractivity contribution in [1.29, 1.82) is 0 Å². The summed E-state index contributed by atoms with van der Waals surface area (Å²) in [5, 5.41) is 37.8. The molecule has 696 valence electrons. The minimum Gasteiger partial charge on any atom is -0.0616 e. The molecule has 0 amide bonds. The van der Waals surface area contributed by atoms with E-state index in [4.69, 9.17) is 0 Å². The third-order valence-electron chi connectivity index (χ3n) is 31.2. The van der Waals surface area contributed by atoms with E-state index in [-0.39, 0.29) is 0 Å². The third kappa shape index (κ3) is 16.1. The summed E-state index contributed by atoms with van der Waals surface area (Å²) in [4.78, 5) is 0. The highest BCUT2D eigenvalue weighted by Gasteiger charge is 2.25. The molecular weight excluding hydrogens is 1800 g/mol. The second-order valence-electron chi connectivity index (χ2n) is 39.9. The molecule has 0 saturated heterocycles. The number of benzene rings is 30. The van der Waals surface area contributed by atoms with Gasteiger partial charge in [-0.1, -0.05) is 516 Å². The van der Waals surface area contributed by atoms with Crippen LogP contribution in [0.15, 0.2) is 582 Å². The molecule has 30 aromatic carbocycles. The van der Waals surface area contributed by atoms with Crippen molar-refractivity contribution in [3.05, 3.63) is 582 Å². The van der Waals surface area contributed by atoms with Crippen LogP contribution < -0.4 is 0 Å². The molecule has 30 rings (SSSR count). The smallest absolute Gasteiger partial charge is 0.00201 e. The van der Waals surface area contributed by atoms with Gasteiger partial charge in [-0.05, 0) is 362 Å². The van der Waals surface area contributed by atoms with E-state index in [1.165, 1.54) is 295 Å². The first-order valence-electron chi connectivity index (χ1n) is 52.0. The highest BCUT2D eigenvalue weighted by atomic mass is 14.3. The lowest BCUT2D eigenvalue weighted by atomic mass is 9.83. The van der Waals surface area contributed by atoms with Crippen molar-refractivity contribution in [3.63, 3.8) is 0 Å². The van der Waals surface area contributed by atoms with Crippen LogP contribution in [0.25, 0.3) is 295 Å². The summed E-state index contributed by atoms with van der Waals surface area (Å²) >= 11 is 0. The average molecular weight is 1900 g/mol. The van der Waals surface area contributed by atoms with E-state index >= 15 is 0 Å². The second-order valence-corrected chi connectivity index (χ2v) is 39.9. The zero-order chi connectivity index (χ0) is 99.1. The Labute approximate surface area is 870 Å². The molecule has 0 N–H and O–H groups in total. The first-order chi connectivity index (χ1) is 74.3. The van der Waals surface area contributed by atoms with Gasteiger partial charge >= 0.3 is 0 Å². The van der Waals surface area contributed by atoms with Gasteiger partial charge in [-0.25, -0.2) is 0 Å². The van der Waals surface area contributed by atoms with Gasteiger partial charge in [0.15, 0.2) is 0 Å². The Morgan fingerprint density at radius 2 is 0.247 bits per heavy atom. The molecule has 0 aliphatic rings. The van der Waals surface area contributed by atoms with Gasteiger partial charge in [0, 0.05) is 0 Å². The lowest BCUT2D eigenvalue weighted by molar-refractivity contribution is 1.62. The minimum atomic E-state index is 1.22. The van der Waals surface area contributed by atoms with Crippen molar-refractivity contribution >= 4 is 162 Å². The lowest BCUT2D eigenvalue weighted by Gasteiger charge is -2.20. The molecule has 0 aliphatic carbocycles. The summed E-state index contributed by atoms with van der Waals surface area (Å²) in [7, 11) is 0. The Kier molecular flexibility index (Phi) is 22.1. The molecule has 0 unspecified atom stereocenters. The van der Waals surface area contributed by atoms with Gasteiger partial charge in [0.2, 0.25) is 0 Å². The van der Waals surface area contributed by atoms with Gasteiger partial charge in [-0.2, -0.15) is 0 Å². The maximum Gasteiger partial charge on any atom is -0.00201 e. The Bertz CT molecular complexity index is 10700. The highest BCUT2D eigenvalue weighted by Crippen LogP contribution is 2.52. The predicted octanol–water partition coefficient (Wildman–Crippen LogP) is 42.4. The third-order valence-corrected chi connectivity index (χ3v) is 31.2. The molecule has 0 nitrogen and oxygen atoms in total. The summed E-state index contributed by atoms with van der Waals surface area (Å²) in [6.07, 6.45) is 0. The zero-order valence-electron chi connectivity index (χ0n) is 82.4. The second kappa shape index (κ2) is 37.6. The van der Waals surface area contributed by atoms with Crippen LogP contribution in [0.4, 0.5) is 0 Å². The van der Waals surface area contributed by atoms with Gasteiger partial charge in [0.25, 0.3) is 0 Å². The van der Waals surface area contributed by atoms with Gasteiger partial charge in [0.05, 0.1) is 0 Å². The first-order valence-corrected chi connectivity index (χ1v) is 52.0. The normalized spacial score (nSPS) is 11.6. The summed E-state index contributed by atoms with van der Waals surface area (Å²) < 4.78 is 0. The van der Waals surface area contributed by atoms with E-state index in [9.17, 15) is 0 Å². The maximum absolute atomic E-state index is 2.43. The van der Waals surface area contributed by atoms with E-state index in [1.54, 1.807) is 0 Å². The fraction of sp³-hybridized carbons (Fsp3) is 0. The number of rotatable bonds is 12. The molecule has 0 radical (unpaired) electrons. The summed E-state index contributed by atoms with van der Waals surface area (Å²) in [6, 6.07) is 214. The van der Waals surface area contributed by atoms with Gasteiger partial charge in [-0.15, -0.1) is 0 Å². The highest BCUT2D eigenvalue weighted by molar-refractivity contribution is 6.27. The van der Waals surface area contributed by atoms with Crippen molar-refractivity contribution in [2.45, 2.75) is 0 Å². The molecule has 0 atom stereocenters.